The Morgan fingerprint density at radius 3 is 2.06 bits per heavy atom. The lowest BCUT2D eigenvalue weighted by Crippen LogP contribution is -2.19. The molecule has 0 aliphatic carbocycles. The summed E-state index contributed by atoms with van der Waals surface area (Å²) in [5.41, 5.74) is -0.300. The third kappa shape index (κ3) is 5.65. The highest BCUT2D eigenvalue weighted by Gasteiger charge is 2.25. The molecule has 0 saturated carbocycles. The van der Waals surface area contributed by atoms with Gasteiger partial charge in [0.2, 0.25) is 0 Å². The van der Waals surface area contributed by atoms with Gasteiger partial charge in [0.25, 0.3) is 0 Å². The van der Waals surface area contributed by atoms with Crippen LogP contribution in [0, 0.1) is 23.0 Å². The largest absolute Gasteiger partial charge is 0.468 e. The Labute approximate surface area is 192 Å². The quantitative estimate of drug-likeness (QED) is 0.411. The molecule has 2 aromatic rings. The highest BCUT2D eigenvalue weighted by molar-refractivity contribution is 6.32. The Kier molecular flexibility index (Phi) is 8.63. The smallest absolute Gasteiger partial charge is 0.324 e. The molecule has 0 aliphatic rings. The molecule has 0 aliphatic heterocycles. The Morgan fingerprint density at radius 2 is 1.55 bits per heavy atom. The molecule has 0 bridgehead atoms. The molecule has 2 aromatic carbocycles. The van der Waals surface area contributed by atoms with Crippen LogP contribution in [0.1, 0.15) is 16.7 Å². The third-order valence-electron chi connectivity index (χ3n) is 4.47. The van der Waals surface area contributed by atoms with Crippen molar-refractivity contribution >= 4 is 46.7 Å². The van der Waals surface area contributed by atoms with E-state index < -0.39 is 34.3 Å². The van der Waals surface area contributed by atoms with Crippen molar-refractivity contribution in [1.82, 2.24) is 0 Å². The van der Waals surface area contributed by atoms with Gasteiger partial charge in [0, 0.05) is 29.0 Å². The number of carbonyl (C=O) groups is 2. The van der Waals surface area contributed by atoms with Crippen molar-refractivity contribution in [3.05, 3.63) is 57.6 Å². The molecule has 0 spiro atoms. The van der Waals surface area contributed by atoms with Gasteiger partial charge in [-0.2, -0.15) is 5.26 Å². The zero-order chi connectivity index (χ0) is 23.3. The van der Waals surface area contributed by atoms with Crippen molar-refractivity contribution in [3.8, 4) is 17.2 Å². The minimum absolute atomic E-state index is 0.0302. The van der Waals surface area contributed by atoms with E-state index in [1.165, 1.54) is 12.1 Å². The van der Waals surface area contributed by atoms with E-state index in [0.29, 0.717) is 0 Å². The molecule has 0 aromatic heterocycles. The fourth-order valence-electron chi connectivity index (χ4n) is 2.93. The first kappa shape index (κ1) is 24.9. The summed E-state index contributed by atoms with van der Waals surface area (Å²) in [6, 6.07) is 6.34. The van der Waals surface area contributed by atoms with Crippen LogP contribution in [0.25, 0.3) is 11.1 Å². The van der Waals surface area contributed by atoms with E-state index in [1.54, 1.807) is 0 Å². The molecule has 0 N–H and O–H groups in total. The standard InChI is InChI=1S/C21H16Cl3F2NO4/c1-30-20(28)15(23)6-10-3-4-17(25)19(13(10)9-27)12-5-11(14(22)8-18(12)26)7-16(24)21(29)31-2/h3-5,8,15-16H,6-7H2,1-2H3. The van der Waals surface area contributed by atoms with Crippen molar-refractivity contribution < 1.29 is 27.8 Å². The van der Waals surface area contributed by atoms with E-state index in [2.05, 4.69) is 9.47 Å². The van der Waals surface area contributed by atoms with Crippen LogP contribution >= 0.6 is 34.8 Å². The van der Waals surface area contributed by atoms with E-state index >= 15 is 0 Å². The van der Waals surface area contributed by atoms with Crippen molar-refractivity contribution in [2.24, 2.45) is 0 Å². The number of benzene rings is 2. The molecule has 2 unspecified atom stereocenters. The van der Waals surface area contributed by atoms with Gasteiger partial charge in [0.15, 0.2) is 0 Å². The normalized spacial score (nSPS) is 12.6. The Morgan fingerprint density at radius 1 is 1.00 bits per heavy atom. The molecule has 5 nitrogen and oxygen atoms in total. The fourth-order valence-corrected chi connectivity index (χ4v) is 3.67. The van der Waals surface area contributed by atoms with Crippen LogP contribution in [0.4, 0.5) is 8.78 Å². The maximum Gasteiger partial charge on any atom is 0.324 e. The van der Waals surface area contributed by atoms with Crippen LogP contribution in [0.5, 0.6) is 0 Å². The molecule has 164 valence electrons. The maximum atomic E-state index is 14.8. The van der Waals surface area contributed by atoms with Gasteiger partial charge in [-0.1, -0.05) is 17.7 Å². The number of hydrogen-bond acceptors (Lipinski definition) is 5. The van der Waals surface area contributed by atoms with Crippen LogP contribution in [0.2, 0.25) is 5.02 Å². The summed E-state index contributed by atoms with van der Waals surface area (Å²) >= 11 is 18.0. The van der Waals surface area contributed by atoms with Gasteiger partial charge >= 0.3 is 11.9 Å². The molecule has 2 rings (SSSR count). The van der Waals surface area contributed by atoms with Crippen molar-refractivity contribution in [3.63, 3.8) is 0 Å². The average Bonchev–Trinajstić information content (AvgIpc) is 2.75. The Bertz CT molecular complexity index is 1060. The van der Waals surface area contributed by atoms with Gasteiger partial charge in [0.05, 0.1) is 19.8 Å². The summed E-state index contributed by atoms with van der Waals surface area (Å²) in [7, 11) is 2.32. The molecule has 0 fully saturated rings. The van der Waals surface area contributed by atoms with Crippen LogP contribution in [-0.2, 0) is 31.9 Å². The topological polar surface area (TPSA) is 76.4 Å². The summed E-state index contributed by atoms with van der Waals surface area (Å²) in [6.45, 7) is 0. The maximum absolute atomic E-state index is 14.8. The SMILES string of the molecule is COC(=O)C(Cl)Cc1cc(-c2c(F)ccc(CC(Cl)C(=O)OC)c2C#N)c(F)cc1Cl. The number of methoxy groups -OCH3 is 2. The van der Waals surface area contributed by atoms with Crippen LogP contribution in [0.15, 0.2) is 24.3 Å². The minimum atomic E-state index is -1.13. The van der Waals surface area contributed by atoms with Crippen molar-refractivity contribution in [2.75, 3.05) is 14.2 Å². The lowest BCUT2D eigenvalue weighted by molar-refractivity contribution is -0.141. The number of carbonyl (C=O) groups excluding carboxylic acids is 2. The lowest BCUT2D eigenvalue weighted by atomic mass is 9.91. The number of nitrogens with zero attached hydrogens (tertiary/aromatic N) is 1. The number of rotatable bonds is 7. The predicted molar refractivity (Wildman–Crippen MR) is 112 cm³/mol. The van der Waals surface area contributed by atoms with Gasteiger partial charge in [0.1, 0.15) is 28.5 Å². The summed E-state index contributed by atoms with van der Waals surface area (Å²) in [6.07, 6.45) is -0.256. The first-order chi connectivity index (χ1) is 14.6. The van der Waals surface area contributed by atoms with Crippen molar-refractivity contribution in [2.45, 2.75) is 23.6 Å². The Hall–Kier alpha value is -2.40. The molecule has 10 heteroatoms. The van der Waals surface area contributed by atoms with Gasteiger partial charge < -0.3 is 9.47 Å². The second-order valence-electron chi connectivity index (χ2n) is 6.38. The molecular weight excluding hydrogens is 475 g/mol. The van der Waals surface area contributed by atoms with Crippen molar-refractivity contribution in [1.29, 1.82) is 5.26 Å². The van der Waals surface area contributed by atoms with E-state index in [-0.39, 0.29) is 45.7 Å². The van der Waals surface area contributed by atoms with E-state index in [9.17, 15) is 23.6 Å². The molecule has 0 radical (unpaired) electrons. The van der Waals surface area contributed by atoms with Gasteiger partial charge in [-0.3, -0.25) is 9.59 Å². The summed E-state index contributed by atoms with van der Waals surface area (Å²) in [5, 5.41) is 7.39. The van der Waals surface area contributed by atoms with Gasteiger partial charge in [-0.05, 0) is 29.3 Å². The van der Waals surface area contributed by atoms with Crippen LogP contribution in [-0.4, -0.2) is 36.9 Å². The number of hydrogen-bond donors (Lipinski definition) is 0. The van der Waals surface area contributed by atoms with E-state index in [1.807, 2.05) is 6.07 Å². The number of esters is 2. The number of ether oxygens (including phenoxy) is 2. The fraction of sp³-hybridized carbons (Fsp3) is 0.286. The van der Waals surface area contributed by atoms with E-state index in [4.69, 9.17) is 34.8 Å². The highest BCUT2D eigenvalue weighted by atomic mass is 35.5. The zero-order valence-corrected chi connectivity index (χ0v) is 18.6. The first-order valence-electron chi connectivity index (χ1n) is 8.78. The first-order valence-corrected chi connectivity index (χ1v) is 10.0. The van der Waals surface area contributed by atoms with Crippen LogP contribution < -0.4 is 0 Å². The monoisotopic (exact) mass is 489 g/mol. The molecule has 0 heterocycles. The number of halogens is 5. The molecular formula is C21H16Cl3F2NO4. The second kappa shape index (κ2) is 10.8. The highest BCUT2D eigenvalue weighted by Crippen LogP contribution is 2.35. The zero-order valence-electron chi connectivity index (χ0n) is 16.3. The third-order valence-corrected chi connectivity index (χ3v) is 5.49. The van der Waals surface area contributed by atoms with Gasteiger partial charge in [-0.15, -0.1) is 23.2 Å². The number of nitriles is 1. The molecule has 2 atom stereocenters. The number of alkyl halides is 2. The second-order valence-corrected chi connectivity index (χ2v) is 7.84. The minimum Gasteiger partial charge on any atom is -0.468 e. The van der Waals surface area contributed by atoms with Crippen LogP contribution in [0.3, 0.4) is 0 Å². The van der Waals surface area contributed by atoms with E-state index in [0.717, 1.165) is 26.4 Å². The molecule has 0 saturated heterocycles. The Balaban J connectivity index is 2.61. The van der Waals surface area contributed by atoms with Gasteiger partial charge in [-0.25, -0.2) is 8.78 Å². The summed E-state index contributed by atoms with van der Waals surface area (Å²) in [4.78, 5) is 23.2. The molecule has 31 heavy (non-hydrogen) atoms. The lowest BCUT2D eigenvalue weighted by Gasteiger charge is -2.16. The summed E-state index contributed by atoms with van der Waals surface area (Å²) < 4.78 is 38.6. The molecule has 0 amide bonds. The summed E-state index contributed by atoms with van der Waals surface area (Å²) in [5.74, 6) is -3.20. The predicted octanol–water partition coefficient (Wildman–Crippen LogP) is 4.80. The average molecular weight is 491 g/mol.